The third-order valence-electron chi connectivity index (χ3n) is 4.48. The van der Waals surface area contributed by atoms with E-state index < -0.39 is 0 Å². The van der Waals surface area contributed by atoms with Crippen LogP contribution in [-0.2, 0) is 6.54 Å². The maximum atomic E-state index is 12.7. The fraction of sp³-hybridized carbons (Fsp3) is 0.500. The molecule has 0 unspecified atom stereocenters. The van der Waals surface area contributed by atoms with Crippen LogP contribution in [0.1, 0.15) is 43.7 Å². The number of hydrogen-bond acceptors (Lipinski definition) is 3. The Bertz CT molecular complexity index is 606. The molecule has 128 valence electrons. The summed E-state index contributed by atoms with van der Waals surface area (Å²) in [4.78, 5) is 18.7. The van der Waals surface area contributed by atoms with Crippen molar-refractivity contribution < 1.29 is 4.79 Å². The van der Waals surface area contributed by atoms with Gasteiger partial charge in [0.1, 0.15) is 12.7 Å². The molecule has 1 N–H and O–H groups in total. The third-order valence-corrected chi connectivity index (χ3v) is 4.48. The molecule has 24 heavy (non-hydrogen) atoms. The van der Waals surface area contributed by atoms with E-state index in [-0.39, 0.29) is 12.1 Å². The highest BCUT2D eigenvalue weighted by Gasteiger charge is 2.20. The van der Waals surface area contributed by atoms with Crippen molar-refractivity contribution in [3.63, 3.8) is 0 Å². The van der Waals surface area contributed by atoms with Crippen LogP contribution in [0.2, 0.25) is 0 Å². The summed E-state index contributed by atoms with van der Waals surface area (Å²) in [5.74, 6) is 0. The van der Waals surface area contributed by atoms with E-state index in [1.807, 2.05) is 35.2 Å². The Labute approximate surface area is 142 Å². The summed E-state index contributed by atoms with van der Waals surface area (Å²) < 4.78 is 1.76. The summed E-state index contributed by atoms with van der Waals surface area (Å²) in [7, 11) is 0. The first kappa shape index (κ1) is 16.5. The predicted molar refractivity (Wildman–Crippen MR) is 92.4 cm³/mol. The Morgan fingerprint density at radius 2 is 1.79 bits per heavy atom. The first-order valence-electron chi connectivity index (χ1n) is 8.76. The van der Waals surface area contributed by atoms with Gasteiger partial charge in [0, 0.05) is 13.1 Å². The van der Waals surface area contributed by atoms with Crippen molar-refractivity contribution in [1.29, 1.82) is 0 Å². The number of hydrogen-bond donors (Lipinski definition) is 1. The maximum Gasteiger partial charge on any atom is 0.317 e. The van der Waals surface area contributed by atoms with Crippen LogP contribution in [0.4, 0.5) is 4.79 Å². The second-order valence-electron chi connectivity index (χ2n) is 6.29. The van der Waals surface area contributed by atoms with Crippen LogP contribution in [0.3, 0.4) is 0 Å². The van der Waals surface area contributed by atoms with Crippen molar-refractivity contribution in [2.75, 3.05) is 13.1 Å². The second kappa shape index (κ2) is 8.47. The minimum atomic E-state index is -0.120. The number of urea groups is 1. The minimum Gasteiger partial charge on any atom is -0.329 e. The summed E-state index contributed by atoms with van der Waals surface area (Å²) in [5.41, 5.74) is 1.08. The van der Waals surface area contributed by atoms with Crippen molar-refractivity contribution in [3.05, 3.63) is 48.5 Å². The molecular formula is C18H25N5O. The van der Waals surface area contributed by atoms with E-state index in [0.29, 0.717) is 6.54 Å². The molecular weight excluding hydrogens is 302 g/mol. The van der Waals surface area contributed by atoms with Crippen LogP contribution in [0, 0.1) is 0 Å². The zero-order valence-corrected chi connectivity index (χ0v) is 14.0. The number of benzene rings is 1. The molecule has 6 heteroatoms. The summed E-state index contributed by atoms with van der Waals surface area (Å²) in [6.07, 6.45) is 9.09. The number of nitrogens with zero attached hydrogens (tertiary/aromatic N) is 4. The Balaban J connectivity index is 1.69. The fourth-order valence-electron chi connectivity index (χ4n) is 3.12. The maximum absolute atomic E-state index is 12.7. The molecule has 1 aliphatic rings. The van der Waals surface area contributed by atoms with Crippen LogP contribution in [0.5, 0.6) is 0 Å². The van der Waals surface area contributed by atoms with E-state index in [0.717, 1.165) is 31.5 Å². The van der Waals surface area contributed by atoms with E-state index in [4.69, 9.17) is 0 Å². The van der Waals surface area contributed by atoms with Gasteiger partial charge in [-0.2, -0.15) is 5.10 Å². The van der Waals surface area contributed by atoms with E-state index in [2.05, 4.69) is 15.4 Å². The molecule has 0 aliphatic carbocycles. The Kier molecular flexibility index (Phi) is 5.82. The average molecular weight is 327 g/mol. The van der Waals surface area contributed by atoms with Gasteiger partial charge in [-0.3, -0.25) is 4.68 Å². The van der Waals surface area contributed by atoms with E-state index in [1.54, 1.807) is 11.0 Å². The quantitative estimate of drug-likeness (QED) is 0.939. The molecule has 1 aromatic heterocycles. The van der Waals surface area contributed by atoms with E-state index in [1.165, 1.54) is 25.6 Å². The van der Waals surface area contributed by atoms with Gasteiger partial charge in [-0.15, -0.1) is 0 Å². The Morgan fingerprint density at radius 1 is 1.08 bits per heavy atom. The summed E-state index contributed by atoms with van der Waals surface area (Å²) in [5, 5.41) is 7.36. The van der Waals surface area contributed by atoms with Crippen LogP contribution in [-0.4, -0.2) is 38.8 Å². The lowest BCUT2D eigenvalue weighted by Crippen LogP contribution is -2.44. The van der Waals surface area contributed by atoms with Crippen molar-refractivity contribution in [1.82, 2.24) is 25.0 Å². The van der Waals surface area contributed by atoms with Gasteiger partial charge in [0.2, 0.25) is 0 Å². The highest BCUT2D eigenvalue weighted by molar-refractivity contribution is 5.74. The molecule has 1 saturated heterocycles. The number of aromatic nitrogens is 3. The molecule has 1 aliphatic heterocycles. The highest BCUT2D eigenvalue weighted by Crippen LogP contribution is 2.16. The molecule has 0 radical (unpaired) electrons. The average Bonchev–Trinajstić information content (AvgIpc) is 3.08. The third kappa shape index (κ3) is 4.57. The van der Waals surface area contributed by atoms with Gasteiger partial charge in [0.25, 0.3) is 0 Å². The van der Waals surface area contributed by atoms with Gasteiger partial charge in [-0.05, 0) is 18.4 Å². The molecule has 0 bridgehead atoms. The van der Waals surface area contributed by atoms with Gasteiger partial charge < -0.3 is 10.2 Å². The normalized spacial score (nSPS) is 16.9. The highest BCUT2D eigenvalue weighted by atomic mass is 16.2. The zero-order valence-electron chi connectivity index (χ0n) is 14.0. The molecule has 0 spiro atoms. The number of rotatable bonds is 4. The van der Waals surface area contributed by atoms with Crippen molar-refractivity contribution >= 4 is 6.03 Å². The lowest BCUT2D eigenvalue weighted by atomic mass is 10.1. The van der Waals surface area contributed by atoms with Crippen molar-refractivity contribution in [3.8, 4) is 0 Å². The van der Waals surface area contributed by atoms with Crippen LogP contribution >= 0.6 is 0 Å². The molecule has 6 nitrogen and oxygen atoms in total. The molecule has 2 amide bonds. The smallest absolute Gasteiger partial charge is 0.317 e. The van der Waals surface area contributed by atoms with Crippen LogP contribution in [0.15, 0.2) is 43.0 Å². The van der Waals surface area contributed by atoms with Gasteiger partial charge in [0.05, 0.1) is 12.6 Å². The SMILES string of the molecule is O=C(N[C@@H](Cn1cncn1)c1ccccc1)N1CCCCCCC1. The molecule has 1 aromatic carbocycles. The number of nitrogens with one attached hydrogen (secondary N) is 1. The van der Waals surface area contributed by atoms with Crippen LogP contribution in [0.25, 0.3) is 0 Å². The van der Waals surface area contributed by atoms with Gasteiger partial charge >= 0.3 is 6.03 Å². The lowest BCUT2D eigenvalue weighted by Gasteiger charge is -2.28. The Hall–Kier alpha value is -2.37. The predicted octanol–water partition coefficient (Wildman–Crippen LogP) is 3.00. The topological polar surface area (TPSA) is 63.1 Å². The molecule has 2 heterocycles. The van der Waals surface area contributed by atoms with E-state index >= 15 is 0 Å². The largest absolute Gasteiger partial charge is 0.329 e. The van der Waals surface area contributed by atoms with Crippen LogP contribution < -0.4 is 5.32 Å². The molecule has 1 fully saturated rings. The number of carbonyl (C=O) groups is 1. The number of amides is 2. The number of likely N-dealkylation sites (tertiary alicyclic amines) is 1. The van der Waals surface area contributed by atoms with Gasteiger partial charge in [-0.25, -0.2) is 9.78 Å². The molecule has 1 atom stereocenters. The standard InChI is InChI=1S/C18H25N5O/c24-18(22-11-7-2-1-3-8-12-22)21-17(13-23-15-19-14-20-23)16-9-5-4-6-10-16/h4-6,9-10,14-15,17H,1-3,7-8,11-13H2,(H,21,24)/t17-/m0/s1. The monoisotopic (exact) mass is 327 g/mol. The number of carbonyl (C=O) groups excluding carboxylic acids is 1. The van der Waals surface area contributed by atoms with Crippen molar-refractivity contribution in [2.24, 2.45) is 0 Å². The van der Waals surface area contributed by atoms with Gasteiger partial charge in [-0.1, -0.05) is 49.6 Å². The first-order chi connectivity index (χ1) is 11.8. The molecule has 2 aromatic rings. The first-order valence-corrected chi connectivity index (χ1v) is 8.76. The summed E-state index contributed by atoms with van der Waals surface area (Å²) >= 11 is 0. The Morgan fingerprint density at radius 3 is 2.46 bits per heavy atom. The summed E-state index contributed by atoms with van der Waals surface area (Å²) in [6, 6.07) is 9.94. The summed E-state index contributed by atoms with van der Waals surface area (Å²) in [6.45, 7) is 2.26. The molecule has 0 saturated carbocycles. The zero-order chi connectivity index (χ0) is 16.6. The fourth-order valence-corrected chi connectivity index (χ4v) is 3.12. The van der Waals surface area contributed by atoms with E-state index in [9.17, 15) is 4.79 Å². The van der Waals surface area contributed by atoms with Gasteiger partial charge in [0.15, 0.2) is 0 Å². The second-order valence-corrected chi connectivity index (χ2v) is 6.29. The molecule has 3 rings (SSSR count). The van der Waals surface area contributed by atoms with Crippen molar-refractivity contribution in [2.45, 2.75) is 44.7 Å². The lowest BCUT2D eigenvalue weighted by molar-refractivity contribution is 0.186. The minimum absolute atomic E-state index is 0.0193.